The van der Waals surface area contributed by atoms with E-state index in [0.29, 0.717) is 5.41 Å². The molecule has 4 heteroatoms. The van der Waals surface area contributed by atoms with E-state index in [-0.39, 0.29) is 0 Å². The van der Waals surface area contributed by atoms with Crippen molar-refractivity contribution >= 4 is 0 Å². The number of nitrogens with zero attached hydrogens (tertiary/aromatic N) is 1. The maximum absolute atomic E-state index is 5.50. The van der Waals surface area contributed by atoms with E-state index >= 15 is 0 Å². The zero-order valence-electron chi connectivity index (χ0n) is 13.2. The third-order valence-electron chi connectivity index (χ3n) is 4.96. The van der Waals surface area contributed by atoms with Crippen molar-refractivity contribution in [1.29, 1.82) is 0 Å². The van der Waals surface area contributed by atoms with Crippen molar-refractivity contribution in [1.82, 2.24) is 10.2 Å². The van der Waals surface area contributed by atoms with E-state index in [4.69, 9.17) is 9.47 Å². The zero-order valence-corrected chi connectivity index (χ0v) is 13.2. The van der Waals surface area contributed by atoms with Gasteiger partial charge in [0.05, 0.1) is 14.2 Å². The molecule has 1 aromatic carbocycles. The summed E-state index contributed by atoms with van der Waals surface area (Å²) in [6.07, 6.45) is 3.99. The molecule has 2 aliphatic heterocycles. The largest absolute Gasteiger partial charge is 0.497 e. The Balaban J connectivity index is 1.69. The number of hydrogen-bond acceptors (Lipinski definition) is 4. The fourth-order valence-corrected chi connectivity index (χ4v) is 3.79. The fourth-order valence-electron chi connectivity index (χ4n) is 3.79. The molecule has 0 aliphatic carbocycles. The molecule has 1 aromatic rings. The first kappa shape index (κ1) is 14.7. The SMILES string of the molecule is COc1ccc(OC)c(CN2CC[C@]3(CCCNC3)C2)c1. The quantitative estimate of drug-likeness (QED) is 0.922. The van der Waals surface area contributed by atoms with Gasteiger partial charge in [-0.25, -0.2) is 0 Å². The molecule has 0 radical (unpaired) electrons. The van der Waals surface area contributed by atoms with E-state index in [2.05, 4.69) is 16.3 Å². The molecule has 0 aromatic heterocycles. The molecule has 1 spiro atoms. The van der Waals surface area contributed by atoms with Crippen molar-refractivity contribution in [2.45, 2.75) is 25.8 Å². The maximum atomic E-state index is 5.50. The summed E-state index contributed by atoms with van der Waals surface area (Å²) in [6.45, 7) is 5.69. The number of methoxy groups -OCH3 is 2. The first-order chi connectivity index (χ1) is 10.2. The highest BCUT2D eigenvalue weighted by Crippen LogP contribution is 2.37. The predicted octanol–water partition coefficient (Wildman–Crippen LogP) is 2.28. The smallest absolute Gasteiger partial charge is 0.123 e. The molecule has 0 unspecified atom stereocenters. The average molecular weight is 290 g/mol. The minimum Gasteiger partial charge on any atom is -0.497 e. The molecular formula is C17H26N2O2. The van der Waals surface area contributed by atoms with Crippen LogP contribution < -0.4 is 14.8 Å². The third kappa shape index (κ3) is 3.16. The summed E-state index contributed by atoms with van der Waals surface area (Å²) in [5.41, 5.74) is 1.72. The molecule has 0 amide bonds. The molecule has 0 saturated carbocycles. The molecule has 4 nitrogen and oxygen atoms in total. The number of likely N-dealkylation sites (tertiary alicyclic amines) is 1. The minimum absolute atomic E-state index is 0.504. The molecule has 1 N–H and O–H groups in total. The number of nitrogens with one attached hydrogen (secondary N) is 1. The van der Waals surface area contributed by atoms with Gasteiger partial charge >= 0.3 is 0 Å². The van der Waals surface area contributed by atoms with Gasteiger partial charge in [-0.2, -0.15) is 0 Å². The van der Waals surface area contributed by atoms with Gasteiger partial charge in [-0.1, -0.05) is 0 Å². The van der Waals surface area contributed by atoms with Gasteiger partial charge in [-0.15, -0.1) is 0 Å². The molecule has 1 atom stereocenters. The van der Waals surface area contributed by atoms with Gasteiger partial charge in [0.2, 0.25) is 0 Å². The average Bonchev–Trinajstić information content (AvgIpc) is 2.90. The van der Waals surface area contributed by atoms with E-state index in [1.165, 1.54) is 51.0 Å². The van der Waals surface area contributed by atoms with Crippen LogP contribution in [0.3, 0.4) is 0 Å². The van der Waals surface area contributed by atoms with Gasteiger partial charge in [-0.05, 0) is 56.0 Å². The van der Waals surface area contributed by atoms with Crippen molar-refractivity contribution in [3.63, 3.8) is 0 Å². The second kappa shape index (κ2) is 6.24. The lowest BCUT2D eigenvalue weighted by Crippen LogP contribution is -2.41. The highest BCUT2D eigenvalue weighted by Gasteiger charge is 2.38. The van der Waals surface area contributed by atoms with Crippen LogP contribution in [0.4, 0.5) is 0 Å². The Bertz CT molecular complexity index is 484. The first-order valence-corrected chi connectivity index (χ1v) is 7.89. The Morgan fingerprint density at radius 1 is 1.24 bits per heavy atom. The Hall–Kier alpha value is -1.26. The summed E-state index contributed by atoms with van der Waals surface area (Å²) in [4.78, 5) is 2.56. The topological polar surface area (TPSA) is 33.7 Å². The van der Waals surface area contributed by atoms with Crippen LogP contribution in [0.15, 0.2) is 18.2 Å². The monoisotopic (exact) mass is 290 g/mol. The third-order valence-corrected chi connectivity index (χ3v) is 4.96. The summed E-state index contributed by atoms with van der Waals surface area (Å²) < 4.78 is 10.8. The van der Waals surface area contributed by atoms with Gasteiger partial charge in [0.15, 0.2) is 0 Å². The Kier molecular flexibility index (Phi) is 4.36. The molecule has 3 rings (SSSR count). The number of rotatable bonds is 4. The standard InChI is InChI=1S/C17H26N2O2/c1-20-15-4-5-16(21-2)14(10-15)11-19-9-7-17(13-19)6-3-8-18-12-17/h4-5,10,18H,3,6-9,11-13H2,1-2H3/t17-/m0/s1. The summed E-state index contributed by atoms with van der Waals surface area (Å²) in [5, 5.41) is 3.57. The second-order valence-corrected chi connectivity index (χ2v) is 6.42. The molecule has 116 valence electrons. The van der Waals surface area contributed by atoms with Crippen molar-refractivity contribution in [2.75, 3.05) is 40.4 Å². The molecule has 2 aliphatic rings. The van der Waals surface area contributed by atoms with Crippen molar-refractivity contribution in [2.24, 2.45) is 5.41 Å². The van der Waals surface area contributed by atoms with Gasteiger partial charge < -0.3 is 14.8 Å². The van der Waals surface area contributed by atoms with Gasteiger partial charge in [0.1, 0.15) is 11.5 Å². The zero-order chi connectivity index (χ0) is 14.7. The van der Waals surface area contributed by atoms with E-state index in [0.717, 1.165) is 18.0 Å². The van der Waals surface area contributed by atoms with Crippen LogP contribution in [0.2, 0.25) is 0 Å². The van der Waals surface area contributed by atoms with Crippen molar-refractivity contribution in [3.05, 3.63) is 23.8 Å². The van der Waals surface area contributed by atoms with Crippen LogP contribution in [0.5, 0.6) is 11.5 Å². The number of benzene rings is 1. The lowest BCUT2D eigenvalue weighted by atomic mass is 9.80. The maximum Gasteiger partial charge on any atom is 0.123 e. The lowest BCUT2D eigenvalue weighted by molar-refractivity contribution is 0.198. The number of ether oxygens (including phenoxy) is 2. The molecule has 0 bridgehead atoms. The van der Waals surface area contributed by atoms with Crippen LogP contribution in [-0.4, -0.2) is 45.3 Å². The molecule has 2 saturated heterocycles. The van der Waals surface area contributed by atoms with Gasteiger partial charge in [0, 0.05) is 25.2 Å². The number of piperidine rings is 1. The lowest BCUT2D eigenvalue weighted by Gasteiger charge is -2.34. The van der Waals surface area contributed by atoms with Crippen molar-refractivity contribution in [3.8, 4) is 11.5 Å². The summed E-state index contributed by atoms with van der Waals surface area (Å²) in [5.74, 6) is 1.86. The van der Waals surface area contributed by atoms with E-state index in [9.17, 15) is 0 Å². The van der Waals surface area contributed by atoms with Gasteiger partial charge in [-0.3, -0.25) is 4.90 Å². The summed E-state index contributed by atoms with van der Waals surface area (Å²) in [7, 11) is 3.45. The highest BCUT2D eigenvalue weighted by molar-refractivity contribution is 5.40. The van der Waals surface area contributed by atoms with E-state index in [1.807, 2.05) is 12.1 Å². The van der Waals surface area contributed by atoms with Crippen molar-refractivity contribution < 1.29 is 9.47 Å². The van der Waals surface area contributed by atoms with Crippen LogP contribution in [-0.2, 0) is 6.54 Å². The van der Waals surface area contributed by atoms with Crippen LogP contribution in [0.25, 0.3) is 0 Å². The molecule has 21 heavy (non-hydrogen) atoms. The Morgan fingerprint density at radius 3 is 2.86 bits per heavy atom. The van der Waals surface area contributed by atoms with Gasteiger partial charge in [0.25, 0.3) is 0 Å². The second-order valence-electron chi connectivity index (χ2n) is 6.42. The fraction of sp³-hybridized carbons (Fsp3) is 0.647. The number of hydrogen-bond donors (Lipinski definition) is 1. The van der Waals surface area contributed by atoms with Crippen LogP contribution >= 0.6 is 0 Å². The molecular weight excluding hydrogens is 264 g/mol. The normalized spacial score (nSPS) is 26.2. The van der Waals surface area contributed by atoms with Crippen LogP contribution in [0.1, 0.15) is 24.8 Å². The molecule has 2 fully saturated rings. The predicted molar refractivity (Wildman–Crippen MR) is 84.0 cm³/mol. The van der Waals surface area contributed by atoms with E-state index < -0.39 is 0 Å². The highest BCUT2D eigenvalue weighted by atomic mass is 16.5. The minimum atomic E-state index is 0.504. The first-order valence-electron chi connectivity index (χ1n) is 7.89. The Labute approximate surface area is 127 Å². The Morgan fingerprint density at radius 2 is 2.14 bits per heavy atom. The van der Waals surface area contributed by atoms with E-state index in [1.54, 1.807) is 14.2 Å². The van der Waals surface area contributed by atoms with Crippen LogP contribution in [0, 0.1) is 5.41 Å². The summed E-state index contributed by atoms with van der Waals surface area (Å²) in [6, 6.07) is 6.06. The molecule has 2 heterocycles. The summed E-state index contributed by atoms with van der Waals surface area (Å²) >= 11 is 0.